The van der Waals surface area contributed by atoms with Gasteiger partial charge in [-0.25, -0.2) is 9.78 Å². The molecule has 2 heterocycles. The van der Waals surface area contributed by atoms with E-state index in [-0.39, 0.29) is 30.2 Å². The topological polar surface area (TPSA) is 94.9 Å². The maximum absolute atomic E-state index is 12.3. The summed E-state index contributed by atoms with van der Waals surface area (Å²) >= 11 is 1.46. The van der Waals surface area contributed by atoms with Crippen LogP contribution in [0, 0.1) is 0 Å². The van der Waals surface area contributed by atoms with Crippen molar-refractivity contribution < 1.29 is 19.7 Å². The molecular weight excluding hydrogens is 390 g/mol. The summed E-state index contributed by atoms with van der Waals surface area (Å²) < 4.78 is 5.40. The van der Waals surface area contributed by atoms with Gasteiger partial charge in [-0.1, -0.05) is 30.3 Å². The maximum atomic E-state index is 12.3. The van der Waals surface area contributed by atoms with Gasteiger partial charge >= 0.3 is 6.09 Å². The van der Waals surface area contributed by atoms with Gasteiger partial charge in [0.25, 0.3) is 0 Å². The van der Waals surface area contributed by atoms with E-state index >= 15 is 0 Å². The van der Waals surface area contributed by atoms with Crippen molar-refractivity contribution in [3.63, 3.8) is 0 Å². The summed E-state index contributed by atoms with van der Waals surface area (Å²) in [5.41, 5.74) is 2.40. The smallest absolute Gasteiger partial charge is 0.410 e. The predicted octanol–water partition coefficient (Wildman–Crippen LogP) is 4.04. The number of ether oxygens (including phenoxy) is 1. The van der Waals surface area contributed by atoms with Crippen LogP contribution < -0.4 is 5.32 Å². The predicted molar refractivity (Wildman–Crippen MR) is 111 cm³/mol. The molecule has 1 aromatic heterocycles. The summed E-state index contributed by atoms with van der Waals surface area (Å²) in [6.45, 7) is 1.46. The summed E-state index contributed by atoms with van der Waals surface area (Å²) in [6, 6.07) is 14.3. The number of anilines is 1. The van der Waals surface area contributed by atoms with Crippen molar-refractivity contribution in [3.05, 3.63) is 59.5 Å². The molecule has 0 aliphatic carbocycles. The van der Waals surface area contributed by atoms with E-state index in [2.05, 4.69) is 10.3 Å². The quantitative estimate of drug-likeness (QED) is 0.549. The number of benzene rings is 2. The number of amides is 1. The zero-order chi connectivity index (χ0) is 20.2. The van der Waals surface area contributed by atoms with E-state index in [1.807, 2.05) is 35.7 Å². The summed E-state index contributed by atoms with van der Waals surface area (Å²) in [5, 5.41) is 25.1. The van der Waals surface area contributed by atoms with Crippen molar-refractivity contribution >= 4 is 22.6 Å². The molecule has 29 heavy (non-hydrogen) atoms. The number of carbonyl (C=O) groups is 1. The average molecular weight is 411 g/mol. The molecule has 150 valence electrons. The molecular formula is C21H21N3O4S. The van der Waals surface area contributed by atoms with Gasteiger partial charge in [-0.2, -0.15) is 0 Å². The fourth-order valence-electron chi connectivity index (χ4n) is 3.18. The Morgan fingerprint density at radius 1 is 1.21 bits per heavy atom. The normalized spacial score (nSPS) is 16.0. The fourth-order valence-corrected chi connectivity index (χ4v) is 3.98. The van der Waals surface area contributed by atoms with Gasteiger partial charge in [-0.05, 0) is 30.2 Å². The van der Waals surface area contributed by atoms with Crippen LogP contribution in [0.2, 0.25) is 0 Å². The fraction of sp³-hybridized carbons (Fsp3) is 0.238. The number of hydrogen-bond donors (Lipinski definition) is 3. The standard InChI is InChI=1S/C21H21N3O4S/c25-18-7-6-15(10-19(18)26)17-13-29-20(23-17)22-16-8-9-24(11-16)21(27)28-12-14-4-2-1-3-5-14/h1-7,10,13,16,25-26H,8-9,11-12H2,(H,22,23). The molecule has 3 N–H and O–H groups in total. The number of aromatic hydroxyl groups is 2. The lowest BCUT2D eigenvalue weighted by Crippen LogP contribution is -2.32. The van der Waals surface area contributed by atoms with Crippen molar-refractivity contribution in [3.8, 4) is 22.8 Å². The first-order chi connectivity index (χ1) is 14.1. The van der Waals surface area contributed by atoms with Gasteiger partial charge < -0.3 is 25.2 Å². The number of hydrogen-bond acceptors (Lipinski definition) is 7. The van der Waals surface area contributed by atoms with Crippen LogP contribution >= 0.6 is 11.3 Å². The molecule has 4 rings (SSSR count). The summed E-state index contributed by atoms with van der Waals surface area (Å²) in [6.07, 6.45) is 0.507. The Hall–Kier alpha value is -3.26. The molecule has 1 unspecified atom stereocenters. The summed E-state index contributed by atoms with van der Waals surface area (Å²) in [7, 11) is 0. The monoisotopic (exact) mass is 411 g/mol. The first kappa shape index (κ1) is 19.1. The number of phenols is 2. The highest BCUT2D eigenvalue weighted by Gasteiger charge is 2.27. The second-order valence-corrected chi connectivity index (χ2v) is 7.72. The Morgan fingerprint density at radius 3 is 2.83 bits per heavy atom. The van der Waals surface area contributed by atoms with E-state index in [4.69, 9.17) is 4.74 Å². The van der Waals surface area contributed by atoms with Crippen molar-refractivity contribution in [1.29, 1.82) is 0 Å². The molecule has 1 amide bonds. The highest BCUT2D eigenvalue weighted by molar-refractivity contribution is 7.14. The highest BCUT2D eigenvalue weighted by atomic mass is 32.1. The number of rotatable bonds is 5. The Labute approximate surface area is 172 Å². The highest BCUT2D eigenvalue weighted by Crippen LogP contribution is 2.32. The summed E-state index contributed by atoms with van der Waals surface area (Å²) in [4.78, 5) is 18.5. The van der Waals surface area contributed by atoms with Crippen molar-refractivity contribution in [1.82, 2.24) is 9.88 Å². The number of likely N-dealkylation sites (tertiary alicyclic amines) is 1. The van der Waals surface area contributed by atoms with Gasteiger partial charge in [0.05, 0.1) is 5.69 Å². The Balaban J connectivity index is 1.30. The van der Waals surface area contributed by atoms with Crippen LogP contribution in [0.4, 0.5) is 9.93 Å². The third-order valence-corrected chi connectivity index (χ3v) is 5.53. The molecule has 1 atom stereocenters. The zero-order valence-corrected chi connectivity index (χ0v) is 16.4. The van der Waals surface area contributed by atoms with Gasteiger partial charge in [-0.3, -0.25) is 0 Å². The van der Waals surface area contributed by atoms with Crippen LogP contribution in [-0.4, -0.2) is 45.3 Å². The molecule has 0 radical (unpaired) electrons. The van der Waals surface area contributed by atoms with Gasteiger partial charge in [-0.15, -0.1) is 11.3 Å². The Kier molecular flexibility index (Phi) is 5.53. The number of nitrogens with zero attached hydrogens (tertiary/aromatic N) is 2. The van der Waals surface area contributed by atoms with Crippen LogP contribution in [0.25, 0.3) is 11.3 Å². The third kappa shape index (κ3) is 4.60. The van der Waals surface area contributed by atoms with Gasteiger partial charge in [0.2, 0.25) is 0 Å². The first-order valence-corrected chi connectivity index (χ1v) is 10.2. The second kappa shape index (κ2) is 8.40. The lowest BCUT2D eigenvalue weighted by atomic mass is 10.1. The summed E-state index contributed by atoms with van der Waals surface area (Å²) in [5.74, 6) is -0.335. The SMILES string of the molecule is O=C(OCc1ccccc1)N1CCC(Nc2nc(-c3ccc(O)c(O)c3)cs2)C1. The van der Waals surface area contributed by atoms with Crippen LogP contribution in [0.1, 0.15) is 12.0 Å². The number of thiazole rings is 1. The minimum absolute atomic E-state index is 0.103. The van der Waals surface area contributed by atoms with E-state index in [0.717, 1.165) is 22.7 Å². The lowest BCUT2D eigenvalue weighted by Gasteiger charge is -2.16. The van der Waals surface area contributed by atoms with Crippen LogP contribution in [0.5, 0.6) is 11.5 Å². The molecule has 0 spiro atoms. The Morgan fingerprint density at radius 2 is 2.03 bits per heavy atom. The van der Waals surface area contributed by atoms with Gasteiger partial charge in [0.15, 0.2) is 16.6 Å². The van der Waals surface area contributed by atoms with Gasteiger partial charge in [0, 0.05) is 30.1 Å². The van der Waals surface area contributed by atoms with E-state index in [9.17, 15) is 15.0 Å². The molecule has 1 fully saturated rings. The molecule has 1 aliphatic heterocycles. The van der Waals surface area contributed by atoms with E-state index < -0.39 is 0 Å². The Bertz CT molecular complexity index is 993. The largest absolute Gasteiger partial charge is 0.504 e. The van der Waals surface area contributed by atoms with Crippen LogP contribution in [-0.2, 0) is 11.3 Å². The third-order valence-electron chi connectivity index (χ3n) is 4.75. The molecule has 8 heteroatoms. The number of carbonyl (C=O) groups excluding carboxylic acids is 1. The van der Waals surface area contributed by atoms with E-state index in [0.29, 0.717) is 18.8 Å². The molecule has 1 saturated heterocycles. The van der Waals surface area contributed by atoms with Crippen LogP contribution in [0.15, 0.2) is 53.9 Å². The lowest BCUT2D eigenvalue weighted by molar-refractivity contribution is 0.104. The van der Waals surface area contributed by atoms with Crippen molar-refractivity contribution in [2.45, 2.75) is 19.1 Å². The molecule has 3 aromatic rings. The van der Waals surface area contributed by atoms with Crippen molar-refractivity contribution in [2.24, 2.45) is 0 Å². The molecule has 7 nitrogen and oxygen atoms in total. The number of aromatic nitrogens is 1. The maximum Gasteiger partial charge on any atom is 0.410 e. The molecule has 0 bridgehead atoms. The second-order valence-electron chi connectivity index (χ2n) is 6.86. The zero-order valence-electron chi connectivity index (χ0n) is 15.6. The molecule has 0 saturated carbocycles. The van der Waals surface area contributed by atoms with Crippen molar-refractivity contribution in [2.75, 3.05) is 18.4 Å². The van der Waals surface area contributed by atoms with Crippen LogP contribution in [0.3, 0.4) is 0 Å². The molecule has 1 aliphatic rings. The van der Waals surface area contributed by atoms with E-state index in [1.165, 1.54) is 23.5 Å². The minimum atomic E-state index is -0.308. The number of nitrogens with one attached hydrogen (secondary N) is 1. The average Bonchev–Trinajstić information content (AvgIpc) is 3.39. The molecule has 2 aromatic carbocycles. The number of phenolic OH excluding ortho intramolecular Hbond substituents is 2. The minimum Gasteiger partial charge on any atom is -0.504 e. The first-order valence-electron chi connectivity index (χ1n) is 9.28. The van der Waals surface area contributed by atoms with Gasteiger partial charge in [0.1, 0.15) is 6.61 Å². The van der Waals surface area contributed by atoms with E-state index in [1.54, 1.807) is 11.0 Å².